The molecule has 0 atom stereocenters. The number of nitrogens with zero attached hydrogens (tertiary/aromatic N) is 1. The molecule has 0 bridgehead atoms. The summed E-state index contributed by atoms with van der Waals surface area (Å²) in [6, 6.07) is 9.54. The van der Waals surface area contributed by atoms with Crippen molar-refractivity contribution < 1.29 is 18.7 Å². The van der Waals surface area contributed by atoms with Crippen molar-refractivity contribution in [3.05, 3.63) is 54.4 Å². The third kappa shape index (κ3) is 4.85. The van der Waals surface area contributed by atoms with Gasteiger partial charge in [0.2, 0.25) is 15.9 Å². The first-order valence-corrected chi connectivity index (χ1v) is 8.51. The Hall–Kier alpha value is -2.29. The topological polar surface area (TPSA) is 120 Å². The van der Waals surface area contributed by atoms with Crippen LogP contribution in [0.2, 0.25) is 0 Å². The van der Waals surface area contributed by atoms with Crippen molar-refractivity contribution in [3.8, 4) is 0 Å². The van der Waals surface area contributed by atoms with Gasteiger partial charge in [-0.05, 0) is 55.8 Å². The van der Waals surface area contributed by atoms with Crippen molar-refractivity contribution in [2.75, 3.05) is 5.32 Å². The molecule has 1 heterocycles. The largest absolute Gasteiger partial charge is 0.412 e. The molecule has 4 N–H and O–H groups in total. The molecular formula is C16H21N3O4S. The van der Waals surface area contributed by atoms with Crippen LogP contribution in [0, 0.1) is 0 Å². The number of anilines is 1. The highest BCUT2D eigenvalue weighted by Gasteiger charge is 2.27. The van der Waals surface area contributed by atoms with Crippen molar-refractivity contribution in [3.63, 3.8) is 0 Å². The normalized spacial score (nSPS) is 11.5. The van der Waals surface area contributed by atoms with Crippen LogP contribution in [0.4, 0.5) is 5.69 Å². The molecule has 7 nitrogen and oxygen atoms in total. The fourth-order valence-corrected chi connectivity index (χ4v) is 3.54. The van der Waals surface area contributed by atoms with Crippen LogP contribution in [0.15, 0.2) is 53.7 Å². The van der Waals surface area contributed by atoms with Crippen LogP contribution in [0.5, 0.6) is 0 Å². The molecule has 1 aromatic heterocycles. The van der Waals surface area contributed by atoms with Crippen molar-refractivity contribution in [2.24, 2.45) is 0 Å². The first-order valence-electron chi connectivity index (χ1n) is 7.03. The predicted octanol–water partition coefficient (Wildman–Crippen LogP) is 1.43. The number of carbonyl (C=O) groups is 1. The first-order chi connectivity index (χ1) is 10.7. The lowest BCUT2D eigenvalue weighted by molar-refractivity contribution is -0.114. The third-order valence-electron chi connectivity index (χ3n) is 3.28. The minimum Gasteiger partial charge on any atom is -0.412 e. The Morgan fingerprint density at radius 1 is 1.04 bits per heavy atom. The second-order valence-electron chi connectivity index (χ2n) is 5.67. The SMILES string of the molecule is CC(=O)Nc1ccc(S(=O)(=O)NC(C)(C)c2ccncc2)cc1.O. The monoisotopic (exact) mass is 351 g/mol. The molecule has 0 saturated heterocycles. The highest BCUT2D eigenvalue weighted by atomic mass is 32.2. The number of hydrogen-bond acceptors (Lipinski definition) is 4. The lowest BCUT2D eigenvalue weighted by Crippen LogP contribution is -2.40. The maximum Gasteiger partial charge on any atom is 0.241 e. The highest BCUT2D eigenvalue weighted by molar-refractivity contribution is 7.89. The first kappa shape index (κ1) is 19.8. The van der Waals surface area contributed by atoms with Gasteiger partial charge in [-0.25, -0.2) is 13.1 Å². The number of amides is 1. The summed E-state index contributed by atoms with van der Waals surface area (Å²) < 4.78 is 27.8. The maximum absolute atomic E-state index is 12.5. The van der Waals surface area contributed by atoms with Gasteiger partial charge in [-0.3, -0.25) is 9.78 Å². The average molecular weight is 351 g/mol. The number of rotatable bonds is 5. The summed E-state index contributed by atoms with van der Waals surface area (Å²) in [4.78, 5) is 15.1. The van der Waals surface area contributed by atoms with Crippen LogP contribution >= 0.6 is 0 Å². The van der Waals surface area contributed by atoms with E-state index in [2.05, 4.69) is 15.0 Å². The number of aromatic nitrogens is 1. The molecule has 2 rings (SSSR count). The van der Waals surface area contributed by atoms with Crippen LogP contribution in [-0.2, 0) is 20.4 Å². The highest BCUT2D eigenvalue weighted by Crippen LogP contribution is 2.23. The zero-order valence-electron chi connectivity index (χ0n) is 13.7. The van der Waals surface area contributed by atoms with Gasteiger partial charge in [0.25, 0.3) is 0 Å². The fourth-order valence-electron chi connectivity index (χ4n) is 2.14. The van der Waals surface area contributed by atoms with E-state index < -0.39 is 15.6 Å². The Morgan fingerprint density at radius 2 is 1.58 bits per heavy atom. The molecule has 0 spiro atoms. The Morgan fingerprint density at radius 3 is 2.08 bits per heavy atom. The summed E-state index contributed by atoms with van der Waals surface area (Å²) in [5.74, 6) is -0.211. The number of carbonyl (C=O) groups excluding carboxylic acids is 1. The summed E-state index contributed by atoms with van der Waals surface area (Å²) in [6.45, 7) is 4.96. The van der Waals surface area contributed by atoms with Gasteiger partial charge >= 0.3 is 0 Å². The fraction of sp³-hybridized carbons (Fsp3) is 0.250. The molecule has 130 valence electrons. The molecule has 0 saturated carbocycles. The van der Waals surface area contributed by atoms with E-state index in [1.165, 1.54) is 19.1 Å². The van der Waals surface area contributed by atoms with Crippen LogP contribution < -0.4 is 10.0 Å². The van der Waals surface area contributed by atoms with Crippen molar-refractivity contribution in [1.82, 2.24) is 9.71 Å². The third-order valence-corrected chi connectivity index (χ3v) is 4.95. The predicted molar refractivity (Wildman–Crippen MR) is 91.9 cm³/mol. The van der Waals surface area contributed by atoms with Gasteiger partial charge in [0, 0.05) is 25.0 Å². The minimum absolute atomic E-state index is 0. The maximum atomic E-state index is 12.5. The van der Waals surface area contributed by atoms with Crippen molar-refractivity contribution >= 4 is 21.6 Å². The Balaban J connectivity index is 0.00000288. The average Bonchev–Trinajstić information content (AvgIpc) is 2.47. The van der Waals surface area contributed by atoms with Gasteiger partial charge in [0.05, 0.1) is 10.4 Å². The Kier molecular flexibility index (Phi) is 6.19. The van der Waals surface area contributed by atoms with Crippen molar-refractivity contribution in [1.29, 1.82) is 0 Å². The molecule has 24 heavy (non-hydrogen) atoms. The second-order valence-corrected chi connectivity index (χ2v) is 7.35. The summed E-state index contributed by atoms with van der Waals surface area (Å²) in [6.07, 6.45) is 3.24. The van der Waals surface area contributed by atoms with Crippen LogP contribution in [0.3, 0.4) is 0 Å². The second kappa shape index (κ2) is 7.52. The van der Waals surface area contributed by atoms with E-state index in [9.17, 15) is 13.2 Å². The molecule has 0 aliphatic carbocycles. The molecule has 0 aliphatic rings. The molecule has 1 aromatic carbocycles. The lowest BCUT2D eigenvalue weighted by Gasteiger charge is -2.26. The van der Waals surface area contributed by atoms with Gasteiger partial charge in [-0.1, -0.05) is 0 Å². The lowest BCUT2D eigenvalue weighted by atomic mass is 9.97. The van der Waals surface area contributed by atoms with Gasteiger partial charge in [0.1, 0.15) is 0 Å². The number of benzene rings is 1. The summed E-state index contributed by atoms with van der Waals surface area (Å²) in [5.41, 5.74) is 0.578. The van der Waals surface area contributed by atoms with E-state index in [0.29, 0.717) is 5.69 Å². The zero-order chi connectivity index (χ0) is 17.1. The molecule has 8 heteroatoms. The Bertz CT molecular complexity index is 788. The summed E-state index contributed by atoms with van der Waals surface area (Å²) in [7, 11) is -3.69. The van der Waals surface area contributed by atoms with E-state index in [0.717, 1.165) is 5.56 Å². The Labute approximate surface area is 141 Å². The van der Waals surface area contributed by atoms with Gasteiger partial charge in [-0.2, -0.15) is 0 Å². The summed E-state index contributed by atoms with van der Waals surface area (Å²) >= 11 is 0. The molecule has 0 fully saturated rings. The molecular weight excluding hydrogens is 330 g/mol. The smallest absolute Gasteiger partial charge is 0.241 e. The van der Waals surface area contributed by atoms with Gasteiger partial charge < -0.3 is 10.8 Å². The molecule has 0 unspecified atom stereocenters. The van der Waals surface area contributed by atoms with E-state index in [1.807, 2.05) is 0 Å². The minimum atomic E-state index is -3.69. The van der Waals surface area contributed by atoms with E-state index in [-0.39, 0.29) is 16.3 Å². The number of sulfonamides is 1. The molecule has 0 aliphatic heterocycles. The van der Waals surface area contributed by atoms with E-state index in [1.54, 1.807) is 50.5 Å². The van der Waals surface area contributed by atoms with E-state index in [4.69, 9.17) is 0 Å². The molecule has 1 amide bonds. The van der Waals surface area contributed by atoms with E-state index >= 15 is 0 Å². The van der Waals surface area contributed by atoms with Crippen molar-refractivity contribution in [2.45, 2.75) is 31.2 Å². The summed E-state index contributed by atoms with van der Waals surface area (Å²) in [5, 5.41) is 2.60. The molecule has 2 aromatic rings. The zero-order valence-corrected chi connectivity index (χ0v) is 14.5. The van der Waals surface area contributed by atoms with Crippen LogP contribution in [0.1, 0.15) is 26.3 Å². The number of hydrogen-bond donors (Lipinski definition) is 2. The molecule has 0 radical (unpaired) electrons. The quantitative estimate of drug-likeness (QED) is 0.846. The standard InChI is InChI=1S/C16H19N3O3S.H2O/c1-12(20)18-14-4-6-15(7-5-14)23(21,22)19-16(2,3)13-8-10-17-11-9-13;/h4-11,19H,1-3H3,(H,18,20);1H2. The van der Waals surface area contributed by atoms with Crippen LogP contribution in [0.25, 0.3) is 0 Å². The van der Waals surface area contributed by atoms with Gasteiger partial charge in [0.15, 0.2) is 0 Å². The number of nitrogens with one attached hydrogen (secondary N) is 2. The van der Waals surface area contributed by atoms with Gasteiger partial charge in [-0.15, -0.1) is 0 Å². The number of pyridine rings is 1. The van der Waals surface area contributed by atoms with Crippen LogP contribution in [-0.4, -0.2) is 24.8 Å².